The van der Waals surface area contributed by atoms with E-state index in [1.165, 1.54) is 5.69 Å². The van der Waals surface area contributed by atoms with Crippen LogP contribution in [0.3, 0.4) is 0 Å². The maximum absolute atomic E-state index is 4.77. The first-order valence-electron chi connectivity index (χ1n) is 10.2. The van der Waals surface area contributed by atoms with Gasteiger partial charge in [-0.2, -0.15) is 4.98 Å². The molecule has 150 valence electrons. The number of likely N-dealkylation sites (N-methyl/N-ethyl adjacent to an activating group) is 2. The number of hydrogen-bond acceptors (Lipinski definition) is 7. The molecular weight excluding hydrogens is 350 g/mol. The van der Waals surface area contributed by atoms with Crippen LogP contribution in [-0.4, -0.2) is 86.2 Å². The van der Waals surface area contributed by atoms with E-state index in [1.807, 2.05) is 6.92 Å². The van der Waals surface area contributed by atoms with E-state index >= 15 is 0 Å². The van der Waals surface area contributed by atoms with E-state index in [0.717, 1.165) is 69.6 Å². The highest BCUT2D eigenvalue weighted by Crippen LogP contribution is 2.23. The molecule has 0 amide bonds. The summed E-state index contributed by atoms with van der Waals surface area (Å²) in [6.07, 6.45) is 0. The number of nitrogens with one attached hydrogen (secondary N) is 1. The van der Waals surface area contributed by atoms with Crippen molar-refractivity contribution in [1.29, 1.82) is 0 Å². The lowest BCUT2D eigenvalue weighted by atomic mass is 10.2. The Kier molecular flexibility index (Phi) is 5.64. The first-order chi connectivity index (χ1) is 13.6. The van der Waals surface area contributed by atoms with E-state index in [0.29, 0.717) is 5.95 Å². The van der Waals surface area contributed by atoms with Gasteiger partial charge in [0.25, 0.3) is 0 Å². The summed E-state index contributed by atoms with van der Waals surface area (Å²) in [5, 5.41) is 3.38. The van der Waals surface area contributed by atoms with Gasteiger partial charge < -0.3 is 24.9 Å². The normalized spacial score (nSPS) is 19.1. The average Bonchev–Trinajstić information content (AvgIpc) is 2.69. The van der Waals surface area contributed by atoms with Crippen LogP contribution < -0.4 is 15.1 Å². The molecule has 0 atom stereocenters. The second-order valence-corrected chi connectivity index (χ2v) is 7.94. The summed E-state index contributed by atoms with van der Waals surface area (Å²) >= 11 is 0. The van der Waals surface area contributed by atoms with E-state index < -0.39 is 0 Å². The quantitative estimate of drug-likeness (QED) is 0.870. The Hall–Kier alpha value is -2.38. The zero-order valence-electron chi connectivity index (χ0n) is 17.2. The van der Waals surface area contributed by atoms with Gasteiger partial charge in [-0.3, -0.25) is 0 Å². The van der Waals surface area contributed by atoms with Crippen molar-refractivity contribution in [3.63, 3.8) is 0 Å². The molecule has 2 saturated heterocycles. The first-order valence-corrected chi connectivity index (χ1v) is 10.2. The molecule has 4 rings (SSSR count). The van der Waals surface area contributed by atoms with Crippen molar-refractivity contribution in [1.82, 2.24) is 19.8 Å². The molecule has 2 fully saturated rings. The predicted octanol–water partition coefficient (Wildman–Crippen LogP) is 2.03. The summed E-state index contributed by atoms with van der Waals surface area (Å²) < 4.78 is 0. The maximum Gasteiger partial charge on any atom is 0.229 e. The highest BCUT2D eigenvalue weighted by molar-refractivity contribution is 5.60. The van der Waals surface area contributed by atoms with Gasteiger partial charge in [-0.25, -0.2) is 4.98 Å². The monoisotopic (exact) mass is 381 g/mol. The Bertz CT molecular complexity index is 776. The number of rotatable bonds is 4. The number of benzene rings is 1. The van der Waals surface area contributed by atoms with Crippen LogP contribution in [0.1, 0.15) is 5.69 Å². The van der Waals surface area contributed by atoms with Gasteiger partial charge in [0.05, 0.1) is 0 Å². The standard InChI is InChI=1S/C21H31N7/c1-17-16-20(28-14-10-26(3)11-15-28)24-21(22-17)23-18-4-6-19(7-5-18)27-12-8-25(2)9-13-27/h4-7,16H,8-15H2,1-3H3,(H,22,23,24). The van der Waals surface area contributed by atoms with Crippen LogP contribution >= 0.6 is 0 Å². The fourth-order valence-electron chi connectivity index (χ4n) is 3.75. The van der Waals surface area contributed by atoms with Crippen molar-refractivity contribution in [3.05, 3.63) is 36.0 Å². The molecule has 0 spiro atoms. The molecule has 28 heavy (non-hydrogen) atoms. The lowest BCUT2D eigenvalue weighted by Gasteiger charge is -2.34. The number of aryl methyl sites for hydroxylation is 1. The Labute approximate surface area is 168 Å². The molecule has 0 unspecified atom stereocenters. The van der Waals surface area contributed by atoms with Crippen LogP contribution in [0.15, 0.2) is 30.3 Å². The Morgan fingerprint density at radius 3 is 1.93 bits per heavy atom. The van der Waals surface area contributed by atoms with Crippen molar-refractivity contribution in [2.45, 2.75) is 6.92 Å². The van der Waals surface area contributed by atoms with Gasteiger partial charge in [-0.05, 0) is 45.3 Å². The van der Waals surface area contributed by atoms with Gasteiger partial charge in [0, 0.05) is 75.5 Å². The third kappa shape index (κ3) is 4.54. The molecule has 1 aromatic carbocycles. The minimum absolute atomic E-state index is 0.668. The Morgan fingerprint density at radius 1 is 0.750 bits per heavy atom. The summed E-state index contributed by atoms with van der Waals surface area (Å²) in [6.45, 7) is 10.6. The lowest BCUT2D eigenvalue weighted by molar-refractivity contribution is 0.312. The van der Waals surface area contributed by atoms with Crippen LogP contribution in [0.4, 0.5) is 23.1 Å². The predicted molar refractivity (Wildman–Crippen MR) is 116 cm³/mol. The Morgan fingerprint density at radius 2 is 1.32 bits per heavy atom. The average molecular weight is 382 g/mol. The Balaban J connectivity index is 1.43. The molecule has 0 aliphatic carbocycles. The van der Waals surface area contributed by atoms with Gasteiger partial charge in [-0.15, -0.1) is 0 Å². The molecule has 0 bridgehead atoms. The minimum Gasteiger partial charge on any atom is -0.369 e. The minimum atomic E-state index is 0.668. The smallest absolute Gasteiger partial charge is 0.229 e. The van der Waals surface area contributed by atoms with E-state index in [2.05, 4.69) is 74.3 Å². The number of anilines is 4. The van der Waals surface area contributed by atoms with Gasteiger partial charge in [0.15, 0.2) is 0 Å². The molecule has 7 nitrogen and oxygen atoms in total. The topological polar surface area (TPSA) is 50.8 Å². The van der Waals surface area contributed by atoms with Gasteiger partial charge >= 0.3 is 0 Å². The van der Waals surface area contributed by atoms with Gasteiger partial charge in [0.2, 0.25) is 5.95 Å². The van der Waals surface area contributed by atoms with Crippen molar-refractivity contribution in [2.24, 2.45) is 0 Å². The van der Waals surface area contributed by atoms with Crippen LogP contribution in [0, 0.1) is 6.92 Å². The van der Waals surface area contributed by atoms with E-state index in [-0.39, 0.29) is 0 Å². The molecule has 7 heteroatoms. The highest BCUT2D eigenvalue weighted by Gasteiger charge is 2.17. The third-order valence-electron chi connectivity index (χ3n) is 5.66. The van der Waals surface area contributed by atoms with Crippen molar-refractivity contribution in [2.75, 3.05) is 81.6 Å². The maximum atomic E-state index is 4.77. The zero-order chi connectivity index (χ0) is 19.5. The molecule has 1 N–H and O–H groups in total. The molecule has 1 aromatic heterocycles. The highest BCUT2D eigenvalue weighted by atomic mass is 15.3. The van der Waals surface area contributed by atoms with E-state index in [4.69, 9.17) is 4.98 Å². The first kappa shape index (κ1) is 19.0. The summed E-state index contributed by atoms with van der Waals surface area (Å²) in [7, 11) is 4.35. The fraction of sp³-hybridized carbons (Fsp3) is 0.524. The SMILES string of the molecule is Cc1cc(N2CCN(C)CC2)nc(Nc2ccc(N3CCN(C)CC3)cc2)n1. The van der Waals surface area contributed by atoms with Crippen molar-refractivity contribution in [3.8, 4) is 0 Å². The van der Waals surface area contributed by atoms with Gasteiger partial charge in [0.1, 0.15) is 5.82 Å². The van der Waals surface area contributed by atoms with E-state index in [1.54, 1.807) is 0 Å². The van der Waals surface area contributed by atoms with Crippen LogP contribution in [-0.2, 0) is 0 Å². The molecule has 0 radical (unpaired) electrons. The largest absolute Gasteiger partial charge is 0.369 e. The summed E-state index contributed by atoms with van der Waals surface area (Å²) in [6, 6.07) is 10.7. The number of nitrogens with zero attached hydrogens (tertiary/aromatic N) is 6. The summed E-state index contributed by atoms with van der Waals surface area (Å²) in [5.74, 6) is 1.68. The van der Waals surface area contributed by atoms with Crippen LogP contribution in [0.25, 0.3) is 0 Å². The molecule has 0 saturated carbocycles. The van der Waals surface area contributed by atoms with E-state index in [9.17, 15) is 0 Å². The van der Waals surface area contributed by atoms with Crippen LogP contribution in [0.5, 0.6) is 0 Å². The molecular formula is C21H31N7. The number of piperazine rings is 2. The molecule has 2 aliphatic rings. The third-order valence-corrected chi connectivity index (χ3v) is 5.66. The molecule has 2 aliphatic heterocycles. The molecule has 3 heterocycles. The number of hydrogen-bond donors (Lipinski definition) is 1. The fourth-order valence-corrected chi connectivity index (χ4v) is 3.75. The van der Waals surface area contributed by atoms with Crippen LogP contribution in [0.2, 0.25) is 0 Å². The van der Waals surface area contributed by atoms with Crippen molar-refractivity contribution < 1.29 is 0 Å². The van der Waals surface area contributed by atoms with Gasteiger partial charge in [-0.1, -0.05) is 0 Å². The second-order valence-electron chi connectivity index (χ2n) is 7.94. The summed E-state index contributed by atoms with van der Waals surface area (Å²) in [5.41, 5.74) is 3.29. The van der Waals surface area contributed by atoms with Crippen molar-refractivity contribution >= 4 is 23.1 Å². The summed E-state index contributed by atoms with van der Waals surface area (Å²) in [4.78, 5) is 18.9. The lowest BCUT2D eigenvalue weighted by Crippen LogP contribution is -2.44. The number of aromatic nitrogens is 2. The second kappa shape index (κ2) is 8.32. The zero-order valence-corrected chi connectivity index (χ0v) is 17.2. The molecule has 2 aromatic rings.